The molecule has 0 amide bonds. The summed E-state index contributed by atoms with van der Waals surface area (Å²) in [5.41, 5.74) is 1.56. The number of halogens is 5. The minimum Gasteiger partial charge on any atom is -0.388 e. The monoisotopic (exact) mass is 579 g/mol. The number of carbonyl (C=O) groups is 1. The first-order valence-corrected chi connectivity index (χ1v) is 13.4. The number of benzene rings is 2. The maximum atomic E-state index is 13.3. The van der Waals surface area contributed by atoms with E-state index in [1.54, 1.807) is 38.5 Å². The van der Waals surface area contributed by atoms with Gasteiger partial charge in [0.15, 0.2) is 0 Å². The second-order valence-electron chi connectivity index (χ2n) is 8.46. The standard InChI is InChI=1S/C24H26Cl2F3N3O4S/c1-34-9-7-32(8-10-35-2)16-12-18(26)22-20(14-16)37(36-23(33)24(27,28)29)19-13-15(31-5-3-4-6-31)11-17(25)21(19)30-22/h11-14H,3-10H2,1-2H3. The molecule has 1 atom stereocenters. The van der Waals surface area contributed by atoms with E-state index in [2.05, 4.69) is 9.89 Å². The summed E-state index contributed by atoms with van der Waals surface area (Å²) in [5, 5.41) is 0.673. The predicted octanol–water partition coefficient (Wildman–Crippen LogP) is 5.56. The first kappa shape index (κ1) is 28.0. The van der Waals surface area contributed by atoms with E-state index in [9.17, 15) is 18.0 Å². The molecule has 2 aliphatic heterocycles. The van der Waals surface area contributed by atoms with Gasteiger partial charge in [-0.25, -0.2) is 9.79 Å². The fraction of sp³-hybridized carbons (Fsp3) is 0.458. The highest BCUT2D eigenvalue weighted by atomic mass is 35.5. The quantitative estimate of drug-likeness (QED) is 0.363. The molecule has 13 heteroatoms. The molecule has 7 nitrogen and oxygen atoms in total. The molecule has 202 valence electrons. The van der Waals surface area contributed by atoms with Gasteiger partial charge >= 0.3 is 12.1 Å². The Hall–Kier alpha value is -2.05. The molecule has 2 aromatic rings. The maximum Gasteiger partial charge on any atom is 0.492 e. The number of fused-ring (bicyclic) bond motifs is 2. The number of alkyl halides is 3. The van der Waals surface area contributed by atoms with Crippen molar-refractivity contribution in [3.05, 3.63) is 44.2 Å². The third-order valence-electron chi connectivity index (χ3n) is 6.01. The normalized spacial score (nSPS) is 16.7. The van der Waals surface area contributed by atoms with Crippen LogP contribution in [0.2, 0.25) is 10.0 Å². The Balaban J connectivity index is 1.93. The molecule has 0 aliphatic carbocycles. The highest BCUT2D eigenvalue weighted by Gasteiger charge is 2.42. The summed E-state index contributed by atoms with van der Waals surface area (Å²) in [6.07, 6.45) is -3.19. The van der Waals surface area contributed by atoms with E-state index in [0.29, 0.717) is 36.5 Å². The van der Waals surface area contributed by atoms with Crippen LogP contribution in [0, 0.1) is 4.51 Å². The average molecular weight is 580 g/mol. The molecule has 0 spiro atoms. The highest BCUT2D eigenvalue weighted by molar-refractivity contribution is 8.05. The van der Waals surface area contributed by atoms with Gasteiger partial charge in [-0.1, -0.05) is 23.2 Å². The van der Waals surface area contributed by atoms with E-state index in [1.165, 1.54) is 0 Å². The second kappa shape index (κ2) is 11.8. The van der Waals surface area contributed by atoms with Crippen molar-refractivity contribution in [3.8, 4) is 0 Å². The van der Waals surface area contributed by atoms with Crippen LogP contribution in [-0.4, -0.2) is 65.8 Å². The van der Waals surface area contributed by atoms with E-state index in [-0.39, 0.29) is 26.0 Å². The van der Waals surface area contributed by atoms with Crippen LogP contribution in [0.5, 0.6) is 0 Å². The molecular formula is C24H26Cl2F3N3O4S. The number of nitrogens with zero attached hydrogens (tertiary/aromatic N) is 3. The van der Waals surface area contributed by atoms with Crippen LogP contribution < -0.4 is 15.2 Å². The Morgan fingerprint density at radius 1 is 1.05 bits per heavy atom. The first-order valence-electron chi connectivity index (χ1n) is 11.5. The van der Waals surface area contributed by atoms with Crippen molar-refractivity contribution in [2.24, 2.45) is 4.99 Å². The number of hydrogen-bond acceptors (Lipinski definition) is 7. The lowest BCUT2D eigenvalue weighted by Crippen LogP contribution is -2.30. The minimum absolute atomic E-state index is 0.193. The maximum absolute atomic E-state index is 13.3. The van der Waals surface area contributed by atoms with Gasteiger partial charge in [0.2, 0.25) is 0 Å². The van der Waals surface area contributed by atoms with Crippen molar-refractivity contribution in [3.63, 3.8) is 0 Å². The van der Waals surface area contributed by atoms with Crippen molar-refractivity contribution in [2.45, 2.75) is 23.9 Å². The Morgan fingerprint density at radius 2 is 1.70 bits per heavy atom. The zero-order valence-corrected chi connectivity index (χ0v) is 22.6. The van der Waals surface area contributed by atoms with Crippen LogP contribution in [0.3, 0.4) is 0 Å². The molecule has 37 heavy (non-hydrogen) atoms. The van der Waals surface area contributed by atoms with Gasteiger partial charge in [0.1, 0.15) is 0 Å². The molecule has 0 saturated carbocycles. The molecule has 0 N–H and O–H groups in total. The molecule has 4 rings (SSSR count). The molecule has 1 saturated heterocycles. The topological polar surface area (TPSA) is 63.6 Å². The largest absolute Gasteiger partial charge is 0.492 e. The lowest BCUT2D eigenvalue weighted by Gasteiger charge is -2.27. The lowest BCUT2D eigenvalue weighted by molar-refractivity contribution is -0.188. The summed E-state index contributed by atoms with van der Waals surface area (Å²) < 4.78 is 55.8. The number of anilines is 2. The van der Waals surface area contributed by atoms with Crippen molar-refractivity contribution in [2.75, 3.05) is 63.4 Å². The van der Waals surface area contributed by atoms with E-state index in [0.717, 1.165) is 31.6 Å². The van der Waals surface area contributed by atoms with Crippen molar-refractivity contribution >= 4 is 57.0 Å². The number of carbonyl (C=O) groups excluding carboxylic acids is 1. The van der Waals surface area contributed by atoms with Gasteiger partial charge in [0.25, 0.3) is 0 Å². The molecule has 0 radical (unpaired) electrons. The molecule has 1 unspecified atom stereocenters. The van der Waals surface area contributed by atoms with Crippen molar-refractivity contribution in [1.82, 2.24) is 0 Å². The molecule has 2 heterocycles. The van der Waals surface area contributed by atoms with Crippen LogP contribution >= 0.6 is 34.0 Å². The molecule has 0 aromatic heterocycles. The van der Waals surface area contributed by atoms with Crippen LogP contribution in [0.1, 0.15) is 12.8 Å². The number of ether oxygens (including phenoxy) is 2. The van der Waals surface area contributed by atoms with E-state index < -0.39 is 22.9 Å². The second-order valence-corrected chi connectivity index (χ2v) is 10.9. The molecule has 2 aromatic carbocycles. The van der Waals surface area contributed by atoms with Gasteiger partial charge in [0, 0.05) is 62.5 Å². The predicted molar refractivity (Wildman–Crippen MR) is 138 cm³/mol. The third-order valence-corrected chi connectivity index (χ3v) is 8.32. The first-order chi connectivity index (χ1) is 17.6. The number of methoxy groups -OCH3 is 2. The van der Waals surface area contributed by atoms with E-state index in [4.69, 9.17) is 36.9 Å². The van der Waals surface area contributed by atoms with Crippen LogP contribution in [-0.2, 0) is 18.5 Å². The highest BCUT2D eigenvalue weighted by Crippen LogP contribution is 2.47. The number of hydrogen-bond donors (Lipinski definition) is 0. The SMILES string of the molecule is COCCN(CCOC)c1cc(Cl)c2c(c1)S(OC(=O)C(F)(F)F)=c1cc(N3CCCC3)cc(Cl)c1=N2. The summed E-state index contributed by atoms with van der Waals surface area (Å²) in [6.45, 7) is 3.34. The third kappa shape index (κ3) is 6.17. The number of rotatable bonds is 9. The van der Waals surface area contributed by atoms with Gasteiger partial charge in [-0.05, 0) is 37.1 Å². The van der Waals surface area contributed by atoms with Crippen molar-refractivity contribution in [1.29, 1.82) is 0 Å². The average Bonchev–Trinajstić information content (AvgIpc) is 3.39. The van der Waals surface area contributed by atoms with Gasteiger partial charge < -0.3 is 23.5 Å². The Morgan fingerprint density at radius 3 is 2.30 bits per heavy atom. The van der Waals surface area contributed by atoms with Gasteiger partial charge in [-0.15, -0.1) is 0 Å². The van der Waals surface area contributed by atoms with Gasteiger partial charge in [-0.3, -0.25) is 0 Å². The Labute approximate surface area is 224 Å². The molecular weight excluding hydrogens is 554 g/mol. The molecule has 2 aliphatic rings. The van der Waals surface area contributed by atoms with E-state index >= 15 is 0 Å². The molecule has 0 bridgehead atoms. The fourth-order valence-electron chi connectivity index (χ4n) is 4.18. The van der Waals surface area contributed by atoms with Crippen LogP contribution in [0.25, 0.3) is 0 Å². The summed E-state index contributed by atoms with van der Waals surface area (Å²) in [4.78, 5) is 21.0. The zero-order valence-electron chi connectivity index (χ0n) is 20.2. The minimum atomic E-state index is -5.18. The summed E-state index contributed by atoms with van der Waals surface area (Å²) in [7, 11) is 1.35. The zero-order chi connectivity index (χ0) is 26.7. The van der Waals surface area contributed by atoms with Gasteiger partial charge in [0.05, 0.1) is 43.7 Å². The molecule has 1 fully saturated rings. The Kier molecular flexibility index (Phi) is 8.90. The summed E-state index contributed by atoms with van der Waals surface area (Å²) >= 11 is 13.2. The Bertz CT molecular complexity index is 1300. The lowest BCUT2D eigenvalue weighted by atomic mass is 10.2. The fourth-order valence-corrected chi connectivity index (χ4v) is 6.58. The summed E-state index contributed by atoms with van der Waals surface area (Å²) in [6, 6.07) is 6.76. The van der Waals surface area contributed by atoms with Gasteiger partial charge in [-0.2, -0.15) is 13.2 Å². The smallest absolute Gasteiger partial charge is 0.388 e. The van der Waals surface area contributed by atoms with E-state index in [1.807, 2.05) is 4.90 Å². The van der Waals surface area contributed by atoms with Crippen LogP contribution in [0.15, 0.2) is 34.2 Å². The van der Waals surface area contributed by atoms with Crippen LogP contribution in [0.4, 0.5) is 30.2 Å². The van der Waals surface area contributed by atoms with Crippen molar-refractivity contribution < 1.29 is 31.6 Å². The summed E-state index contributed by atoms with van der Waals surface area (Å²) in [5.74, 6) is -2.30.